The Hall–Kier alpha value is -2.44. The Kier molecular flexibility index (Phi) is 4.61. The van der Waals surface area contributed by atoms with Crippen molar-refractivity contribution in [2.45, 2.75) is 12.5 Å². The first-order valence-electron chi connectivity index (χ1n) is 8.41. The first-order valence-corrected chi connectivity index (χ1v) is 8.79. The molecule has 2 heterocycles. The van der Waals surface area contributed by atoms with Crippen LogP contribution in [0.5, 0.6) is 5.75 Å². The van der Waals surface area contributed by atoms with E-state index in [2.05, 4.69) is 27.2 Å². The highest BCUT2D eigenvalue weighted by molar-refractivity contribution is 6.31. The number of hydrogen-bond acceptors (Lipinski definition) is 5. The molecule has 1 N–H and O–H groups in total. The van der Waals surface area contributed by atoms with Crippen LogP contribution in [0.15, 0.2) is 42.7 Å². The molecule has 1 aliphatic rings. The minimum Gasteiger partial charge on any atom is -0.488 e. The van der Waals surface area contributed by atoms with Crippen LogP contribution < -0.4 is 10.1 Å². The van der Waals surface area contributed by atoms with Crippen molar-refractivity contribution >= 4 is 34.0 Å². The second-order valence-electron chi connectivity index (χ2n) is 6.42. The summed E-state index contributed by atoms with van der Waals surface area (Å²) >= 11 is 5.88. The van der Waals surface area contributed by atoms with Gasteiger partial charge in [-0.1, -0.05) is 17.7 Å². The fourth-order valence-corrected chi connectivity index (χ4v) is 3.33. The van der Waals surface area contributed by atoms with Crippen LogP contribution in [0.25, 0.3) is 10.9 Å². The molecule has 0 radical (unpaired) electrons. The van der Waals surface area contributed by atoms with Crippen LogP contribution in [-0.4, -0.2) is 41.1 Å². The fraction of sp³-hybridized carbons (Fsp3) is 0.263. The SMILES string of the molecule is CN1CCC(Oc2cccc3ncnc(Nc4ccc(F)c(Cl)c4)c23)C1. The van der Waals surface area contributed by atoms with Gasteiger partial charge in [-0.25, -0.2) is 14.4 Å². The number of rotatable bonds is 4. The predicted octanol–water partition coefficient (Wildman–Crippen LogP) is 4.25. The Labute approximate surface area is 155 Å². The minimum absolute atomic E-state index is 0.0545. The van der Waals surface area contributed by atoms with Gasteiger partial charge in [-0.15, -0.1) is 0 Å². The molecule has 3 aromatic rings. The Morgan fingerprint density at radius 3 is 2.92 bits per heavy atom. The molecule has 0 aliphatic carbocycles. The summed E-state index contributed by atoms with van der Waals surface area (Å²) in [5, 5.41) is 4.05. The number of likely N-dealkylation sites (N-methyl/N-ethyl adjacent to an activating group) is 1. The Morgan fingerprint density at radius 1 is 1.27 bits per heavy atom. The van der Waals surface area contributed by atoms with Crippen molar-refractivity contribution in [3.05, 3.63) is 53.6 Å². The third kappa shape index (κ3) is 3.43. The monoisotopic (exact) mass is 372 g/mol. The highest BCUT2D eigenvalue weighted by Gasteiger charge is 2.22. The topological polar surface area (TPSA) is 50.3 Å². The van der Waals surface area contributed by atoms with Gasteiger partial charge in [0.05, 0.1) is 15.9 Å². The molecule has 1 aromatic heterocycles. The average molecular weight is 373 g/mol. The molecule has 4 rings (SSSR count). The Balaban J connectivity index is 1.71. The number of hydrogen-bond donors (Lipinski definition) is 1. The molecule has 1 saturated heterocycles. The normalized spacial score (nSPS) is 17.6. The molecule has 26 heavy (non-hydrogen) atoms. The largest absolute Gasteiger partial charge is 0.488 e. The first kappa shape index (κ1) is 17.0. The number of nitrogens with zero attached hydrogens (tertiary/aromatic N) is 3. The van der Waals surface area contributed by atoms with Gasteiger partial charge in [0, 0.05) is 18.8 Å². The summed E-state index contributed by atoms with van der Waals surface area (Å²) in [6.07, 6.45) is 2.61. The molecule has 0 saturated carbocycles. The van der Waals surface area contributed by atoms with Gasteiger partial charge in [0.2, 0.25) is 0 Å². The van der Waals surface area contributed by atoms with Crippen LogP contribution in [0.1, 0.15) is 6.42 Å². The number of nitrogens with one attached hydrogen (secondary N) is 1. The molecule has 1 atom stereocenters. The van der Waals surface area contributed by atoms with Crippen molar-refractivity contribution in [2.75, 3.05) is 25.5 Å². The third-order valence-corrected chi connectivity index (χ3v) is 4.74. The Bertz CT molecular complexity index is 947. The summed E-state index contributed by atoms with van der Waals surface area (Å²) in [5.41, 5.74) is 1.42. The van der Waals surface area contributed by atoms with Crippen LogP contribution >= 0.6 is 11.6 Å². The zero-order valence-corrected chi connectivity index (χ0v) is 15.0. The van der Waals surface area contributed by atoms with Crippen molar-refractivity contribution in [1.82, 2.24) is 14.9 Å². The maximum absolute atomic E-state index is 13.4. The molecular weight excluding hydrogens is 355 g/mol. The maximum Gasteiger partial charge on any atom is 0.145 e. The third-order valence-electron chi connectivity index (χ3n) is 4.45. The number of benzene rings is 2. The lowest BCUT2D eigenvalue weighted by Crippen LogP contribution is -2.21. The van der Waals surface area contributed by atoms with Gasteiger partial charge >= 0.3 is 0 Å². The fourth-order valence-electron chi connectivity index (χ4n) is 3.15. The van der Waals surface area contributed by atoms with Crippen LogP contribution in [0.3, 0.4) is 0 Å². The second kappa shape index (κ2) is 7.05. The molecule has 134 valence electrons. The lowest BCUT2D eigenvalue weighted by atomic mass is 10.2. The summed E-state index contributed by atoms with van der Waals surface area (Å²) in [5.74, 6) is 0.873. The molecule has 1 unspecified atom stereocenters. The zero-order valence-electron chi connectivity index (χ0n) is 14.2. The number of fused-ring (bicyclic) bond motifs is 1. The number of ether oxygens (including phenoxy) is 1. The molecule has 2 aromatic carbocycles. The van der Waals surface area contributed by atoms with E-state index in [0.717, 1.165) is 36.2 Å². The Morgan fingerprint density at radius 2 is 2.15 bits per heavy atom. The lowest BCUT2D eigenvalue weighted by Gasteiger charge is -2.17. The first-order chi connectivity index (χ1) is 12.6. The van der Waals surface area contributed by atoms with E-state index in [1.165, 1.54) is 18.5 Å². The lowest BCUT2D eigenvalue weighted by molar-refractivity contribution is 0.211. The van der Waals surface area contributed by atoms with Crippen LogP contribution in [0.2, 0.25) is 5.02 Å². The van der Waals surface area contributed by atoms with E-state index in [9.17, 15) is 4.39 Å². The molecule has 0 spiro atoms. The van der Waals surface area contributed by atoms with E-state index in [0.29, 0.717) is 11.5 Å². The average Bonchev–Trinajstić information content (AvgIpc) is 3.03. The predicted molar refractivity (Wildman–Crippen MR) is 101 cm³/mol. The molecular formula is C19H18ClFN4O. The van der Waals surface area contributed by atoms with Crippen molar-refractivity contribution in [3.63, 3.8) is 0 Å². The van der Waals surface area contributed by atoms with Gasteiger partial charge in [0.1, 0.15) is 29.8 Å². The van der Waals surface area contributed by atoms with Gasteiger partial charge in [-0.2, -0.15) is 0 Å². The maximum atomic E-state index is 13.4. The number of anilines is 2. The highest BCUT2D eigenvalue weighted by atomic mass is 35.5. The standard InChI is InChI=1S/C19H18ClFN4O/c1-25-8-7-13(10-25)26-17-4-2-3-16-18(17)19(23-11-22-16)24-12-5-6-15(21)14(20)9-12/h2-6,9,11,13H,7-8,10H2,1H3,(H,22,23,24). The number of aromatic nitrogens is 2. The molecule has 1 fully saturated rings. The minimum atomic E-state index is -0.459. The van der Waals surface area contributed by atoms with Crippen molar-refractivity contribution in [3.8, 4) is 5.75 Å². The smallest absolute Gasteiger partial charge is 0.145 e. The summed E-state index contributed by atoms with van der Waals surface area (Å²) in [6, 6.07) is 10.2. The molecule has 1 aliphatic heterocycles. The van der Waals surface area contributed by atoms with E-state index in [1.54, 1.807) is 6.07 Å². The summed E-state index contributed by atoms with van der Waals surface area (Å²) in [7, 11) is 2.08. The van der Waals surface area contributed by atoms with E-state index in [-0.39, 0.29) is 11.1 Å². The van der Waals surface area contributed by atoms with Gasteiger partial charge in [-0.05, 0) is 43.8 Å². The zero-order chi connectivity index (χ0) is 18.1. The van der Waals surface area contributed by atoms with E-state index < -0.39 is 5.82 Å². The second-order valence-corrected chi connectivity index (χ2v) is 6.82. The molecule has 0 amide bonds. The van der Waals surface area contributed by atoms with Gasteiger partial charge in [0.25, 0.3) is 0 Å². The van der Waals surface area contributed by atoms with Crippen LogP contribution in [-0.2, 0) is 0 Å². The van der Waals surface area contributed by atoms with E-state index >= 15 is 0 Å². The molecule has 7 heteroatoms. The number of likely N-dealkylation sites (tertiary alicyclic amines) is 1. The molecule has 5 nitrogen and oxygen atoms in total. The highest BCUT2D eigenvalue weighted by Crippen LogP contribution is 2.33. The quantitative estimate of drug-likeness (QED) is 0.742. The summed E-state index contributed by atoms with van der Waals surface area (Å²) in [4.78, 5) is 10.9. The van der Waals surface area contributed by atoms with Crippen molar-refractivity contribution < 1.29 is 9.13 Å². The van der Waals surface area contributed by atoms with Gasteiger partial charge < -0.3 is 15.0 Å². The summed E-state index contributed by atoms with van der Waals surface area (Å²) < 4.78 is 19.6. The van der Waals surface area contributed by atoms with E-state index in [1.807, 2.05) is 18.2 Å². The van der Waals surface area contributed by atoms with E-state index in [4.69, 9.17) is 16.3 Å². The summed E-state index contributed by atoms with van der Waals surface area (Å²) in [6.45, 7) is 1.91. The molecule has 0 bridgehead atoms. The van der Waals surface area contributed by atoms with Crippen LogP contribution in [0.4, 0.5) is 15.9 Å². The van der Waals surface area contributed by atoms with Crippen molar-refractivity contribution in [2.24, 2.45) is 0 Å². The van der Waals surface area contributed by atoms with Gasteiger partial charge in [-0.3, -0.25) is 0 Å². The van der Waals surface area contributed by atoms with Gasteiger partial charge in [0.15, 0.2) is 0 Å². The number of halogens is 2. The van der Waals surface area contributed by atoms with Crippen molar-refractivity contribution in [1.29, 1.82) is 0 Å². The van der Waals surface area contributed by atoms with Crippen LogP contribution in [0, 0.1) is 5.82 Å².